The molecule has 0 aliphatic heterocycles. The van der Waals surface area contributed by atoms with Crippen LogP contribution in [0.5, 0.6) is 0 Å². The zero-order chi connectivity index (χ0) is 14.3. The molecule has 4 nitrogen and oxygen atoms in total. The maximum atomic E-state index is 10.9. The van der Waals surface area contributed by atoms with E-state index < -0.39 is 5.97 Å². The first kappa shape index (κ1) is 13.4. The van der Waals surface area contributed by atoms with Gasteiger partial charge in [0.1, 0.15) is 4.88 Å². The number of thiazole rings is 1. The van der Waals surface area contributed by atoms with E-state index in [0.717, 1.165) is 22.0 Å². The molecule has 1 aromatic carbocycles. The molecule has 1 heterocycles. The number of carbonyl (C=O) groups is 1. The van der Waals surface area contributed by atoms with Crippen molar-refractivity contribution in [1.82, 2.24) is 4.98 Å². The highest BCUT2D eigenvalue weighted by Gasteiger charge is 2.26. The van der Waals surface area contributed by atoms with Gasteiger partial charge in [-0.3, -0.25) is 0 Å². The number of carboxylic acids is 1. The molecular formula is C14H13ClN2O2S. The molecule has 1 N–H and O–H groups in total. The van der Waals surface area contributed by atoms with Gasteiger partial charge in [0.25, 0.3) is 0 Å². The van der Waals surface area contributed by atoms with E-state index in [1.807, 2.05) is 24.1 Å². The van der Waals surface area contributed by atoms with Crippen molar-refractivity contribution in [3.63, 3.8) is 0 Å². The normalized spacial score (nSPS) is 14.3. The molecule has 20 heavy (non-hydrogen) atoms. The number of anilines is 2. The molecule has 3 rings (SSSR count). The van der Waals surface area contributed by atoms with Crippen LogP contribution in [-0.4, -0.2) is 23.1 Å². The molecule has 104 valence electrons. The van der Waals surface area contributed by atoms with E-state index in [4.69, 9.17) is 16.7 Å². The largest absolute Gasteiger partial charge is 0.477 e. The van der Waals surface area contributed by atoms with Gasteiger partial charge in [-0.25, -0.2) is 9.78 Å². The Labute approximate surface area is 125 Å². The highest BCUT2D eigenvalue weighted by Crippen LogP contribution is 2.44. The quantitative estimate of drug-likeness (QED) is 0.922. The Morgan fingerprint density at radius 1 is 1.50 bits per heavy atom. The first-order valence-electron chi connectivity index (χ1n) is 6.28. The van der Waals surface area contributed by atoms with Crippen LogP contribution in [0.15, 0.2) is 24.4 Å². The van der Waals surface area contributed by atoms with Crippen molar-refractivity contribution in [1.29, 1.82) is 0 Å². The molecule has 1 saturated carbocycles. The average molecular weight is 309 g/mol. The van der Waals surface area contributed by atoms with Crippen molar-refractivity contribution in [3.05, 3.63) is 39.9 Å². The Balaban J connectivity index is 1.87. The summed E-state index contributed by atoms with van der Waals surface area (Å²) in [4.78, 5) is 17.1. The summed E-state index contributed by atoms with van der Waals surface area (Å²) in [6.07, 6.45) is 3.80. The molecule has 1 aliphatic carbocycles. The lowest BCUT2D eigenvalue weighted by molar-refractivity contribution is 0.0702. The van der Waals surface area contributed by atoms with E-state index in [2.05, 4.69) is 11.1 Å². The number of aromatic carboxylic acids is 1. The summed E-state index contributed by atoms with van der Waals surface area (Å²) in [5.41, 5.74) is 2.11. The third-order valence-electron chi connectivity index (χ3n) is 3.38. The van der Waals surface area contributed by atoms with Crippen LogP contribution in [0.4, 0.5) is 10.8 Å². The van der Waals surface area contributed by atoms with Gasteiger partial charge in [-0.1, -0.05) is 29.0 Å². The van der Waals surface area contributed by atoms with Crippen LogP contribution < -0.4 is 4.90 Å². The fourth-order valence-electron chi connectivity index (χ4n) is 2.08. The Morgan fingerprint density at radius 3 is 2.80 bits per heavy atom. The SMILES string of the molecule is CN(c1ccc(C2CC2)c(Cl)c1)c1ncc(C(=O)O)s1. The van der Waals surface area contributed by atoms with Crippen molar-refractivity contribution < 1.29 is 9.90 Å². The second-order valence-corrected chi connectivity index (χ2v) is 6.27. The minimum atomic E-state index is -0.954. The van der Waals surface area contributed by atoms with Crippen molar-refractivity contribution in [2.45, 2.75) is 18.8 Å². The van der Waals surface area contributed by atoms with Gasteiger partial charge in [0, 0.05) is 17.8 Å². The number of halogens is 1. The molecule has 6 heteroatoms. The highest BCUT2D eigenvalue weighted by atomic mass is 35.5. The Kier molecular flexibility index (Phi) is 3.40. The van der Waals surface area contributed by atoms with Gasteiger partial charge in [-0.15, -0.1) is 0 Å². The van der Waals surface area contributed by atoms with Gasteiger partial charge in [0.15, 0.2) is 5.13 Å². The second-order valence-electron chi connectivity index (χ2n) is 4.85. The fourth-order valence-corrected chi connectivity index (χ4v) is 3.15. The summed E-state index contributed by atoms with van der Waals surface area (Å²) in [7, 11) is 1.85. The summed E-state index contributed by atoms with van der Waals surface area (Å²) in [6, 6.07) is 5.97. The predicted octanol–water partition coefficient (Wildman–Crippen LogP) is 4.14. The second kappa shape index (κ2) is 5.07. The number of aromatic nitrogens is 1. The number of carboxylic acid groups (broad SMARTS) is 1. The minimum Gasteiger partial charge on any atom is -0.477 e. The Hall–Kier alpha value is -1.59. The predicted molar refractivity (Wildman–Crippen MR) is 80.6 cm³/mol. The number of nitrogens with zero attached hydrogens (tertiary/aromatic N) is 2. The lowest BCUT2D eigenvalue weighted by Crippen LogP contribution is -2.09. The zero-order valence-electron chi connectivity index (χ0n) is 10.8. The van der Waals surface area contributed by atoms with Crippen molar-refractivity contribution in [2.75, 3.05) is 11.9 Å². The average Bonchev–Trinajstić information content (AvgIpc) is 3.13. The summed E-state index contributed by atoms with van der Waals surface area (Å²) in [6.45, 7) is 0. The Bertz CT molecular complexity index is 667. The third-order valence-corrected chi connectivity index (χ3v) is 4.77. The lowest BCUT2D eigenvalue weighted by atomic mass is 10.1. The van der Waals surface area contributed by atoms with E-state index in [-0.39, 0.29) is 4.88 Å². The highest BCUT2D eigenvalue weighted by molar-refractivity contribution is 7.17. The monoisotopic (exact) mass is 308 g/mol. The molecule has 0 amide bonds. The number of hydrogen-bond acceptors (Lipinski definition) is 4. The molecule has 0 saturated heterocycles. The number of rotatable bonds is 4. The summed E-state index contributed by atoms with van der Waals surface area (Å²) >= 11 is 7.46. The van der Waals surface area contributed by atoms with Crippen LogP contribution >= 0.6 is 22.9 Å². The molecule has 1 fully saturated rings. The van der Waals surface area contributed by atoms with Gasteiger partial charge >= 0.3 is 5.97 Å². The summed E-state index contributed by atoms with van der Waals surface area (Å²) < 4.78 is 0. The van der Waals surface area contributed by atoms with E-state index in [9.17, 15) is 4.79 Å². The van der Waals surface area contributed by atoms with Gasteiger partial charge < -0.3 is 10.0 Å². The fraction of sp³-hybridized carbons (Fsp3) is 0.286. The zero-order valence-corrected chi connectivity index (χ0v) is 12.4. The van der Waals surface area contributed by atoms with E-state index >= 15 is 0 Å². The number of hydrogen-bond donors (Lipinski definition) is 1. The van der Waals surface area contributed by atoms with Crippen LogP contribution in [0, 0.1) is 0 Å². The molecule has 0 spiro atoms. The number of benzene rings is 1. The van der Waals surface area contributed by atoms with Gasteiger partial charge in [-0.05, 0) is 36.5 Å². The van der Waals surface area contributed by atoms with Crippen LogP contribution in [0.2, 0.25) is 5.02 Å². The van der Waals surface area contributed by atoms with Gasteiger partial charge in [0.2, 0.25) is 0 Å². The summed E-state index contributed by atoms with van der Waals surface area (Å²) in [5.74, 6) is -0.343. The molecule has 1 aliphatic rings. The maximum absolute atomic E-state index is 10.9. The van der Waals surface area contributed by atoms with Crippen molar-refractivity contribution in [3.8, 4) is 0 Å². The van der Waals surface area contributed by atoms with E-state index in [0.29, 0.717) is 11.0 Å². The molecule has 0 unspecified atom stereocenters. The first-order chi connectivity index (χ1) is 9.56. The maximum Gasteiger partial charge on any atom is 0.347 e. The van der Waals surface area contributed by atoms with E-state index in [1.165, 1.54) is 24.6 Å². The minimum absolute atomic E-state index is 0.229. The molecule has 0 bridgehead atoms. The van der Waals surface area contributed by atoms with Crippen LogP contribution in [0.3, 0.4) is 0 Å². The Morgan fingerprint density at radius 2 is 2.25 bits per heavy atom. The molecular weight excluding hydrogens is 296 g/mol. The van der Waals surface area contributed by atoms with Crippen molar-refractivity contribution in [2.24, 2.45) is 0 Å². The van der Waals surface area contributed by atoms with Gasteiger partial charge in [-0.2, -0.15) is 0 Å². The third kappa shape index (κ3) is 2.51. The smallest absolute Gasteiger partial charge is 0.347 e. The molecule has 0 atom stereocenters. The lowest BCUT2D eigenvalue weighted by Gasteiger charge is -2.17. The molecule has 1 aromatic heterocycles. The topological polar surface area (TPSA) is 53.4 Å². The first-order valence-corrected chi connectivity index (χ1v) is 7.48. The van der Waals surface area contributed by atoms with Crippen molar-refractivity contribution >= 4 is 39.7 Å². The standard InChI is InChI=1S/C14H13ClN2O2S/c1-17(14-16-7-12(20-14)13(18)19)9-4-5-10(8-2-3-8)11(15)6-9/h4-8H,2-3H2,1H3,(H,18,19). The summed E-state index contributed by atoms with van der Waals surface area (Å²) in [5, 5.41) is 10.3. The van der Waals surface area contributed by atoms with Gasteiger partial charge in [0.05, 0.1) is 6.20 Å². The van der Waals surface area contributed by atoms with Crippen LogP contribution in [0.1, 0.15) is 34.0 Å². The molecule has 0 radical (unpaired) electrons. The van der Waals surface area contributed by atoms with E-state index in [1.54, 1.807) is 0 Å². The van der Waals surface area contributed by atoms with Crippen LogP contribution in [-0.2, 0) is 0 Å². The molecule has 2 aromatic rings. The van der Waals surface area contributed by atoms with Crippen LogP contribution in [0.25, 0.3) is 0 Å².